The number of hydrogen-bond acceptors (Lipinski definition) is 6. The summed E-state index contributed by atoms with van der Waals surface area (Å²) in [6.07, 6.45) is 8.13. The first kappa shape index (κ1) is 22.4. The molecule has 0 atom stereocenters. The second kappa shape index (κ2) is 11.2. The van der Waals surface area contributed by atoms with Gasteiger partial charge in [0.1, 0.15) is 5.75 Å². The van der Waals surface area contributed by atoms with Crippen LogP contribution in [0.5, 0.6) is 5.75 Å². The Bertz CT molecular complexity index is 916. The zero-order valence-electron chi connectivity index (χ0n) is 17.8. The van der Waals surface area contributed by atoms with E-state index in [1.807, 2.05) is 36.4 Å². The van der Waals surface area contributed by atoms with Gasteiger partial charge in [0.25, 0.3) is 0 Å². The Balaban J connectivity index is 1.35. The van der Waals surface area contributed by atoms with Crippen LogP contribution in [-0.4, -0.2) is 32.3 Å². The molecule has 1 saturated carbocycles. The number of anilines is 1. The number of esters is 2. The minimum Gasteiger partial charge on any atom is -0.497 e. The molecule has 31 heavy (non-hydrogen) atoms. The molecule has 0 radical (unpaired) electrons. The van der Waals surface area contributed by atoms with Gasteiger partial charge in [0.05, 0.1) is 25.9 Å². The van der Waals surface area contributed by atoms with Crippen LogP contribution < -0.4 is 10.5 Å². The maximum absolute atomic E-state index is 12.3. The van der Waals surface area contributed by atoms with Gasteiger partial charge in [-0.2, -0.15) is 0 Å². The number of carbonyl (C=O) groups is 2. The van der Waals surface area contributed by atoms with Crippen LogP contribution in [0.4, 0.5) is 5.69 Å². The molecule has 1 aliphatic rings. The summed E-state index contributed by atoms with van der Waals surface area (Å²) in [4.78, 5) is 24.1. The Kier molecular flexibility index (Phi) is 8.10. The Labute approximate surface area is 183 Å². The third-order valence-electron chi connectivity index (χ3n) is 5.08. The van der Waals surface area contributed by atoms with Gasteiger partial charge in [-0.15, -0.1) is 0 Å². The smallest absolute Gasteiger partial charge is 0.338 e. The first-order valence-electron chi connectivity index (χ1n) is 10.6. The highest BCUT2D eigenvalue weighted by molar-refractivity contribution is 5.90. The molecular weight excluding hydrogens is 394 g/mol. The van der Waals surface area contributed by atoms with Crippen LogP contribution in [0.1, 0.15) is 47.2 Å². The average Bonchev–Trinajstić information content (AvgIpc) is 3.60. The SMILES string of the molecule is COc1ccc(/C=C/C(=O)OCCCOC(=O)c2cc(N)cc(CCC3CC3)c2)cc1. The molecule has 0 unspecified atom stereocenters. The summed E-state index contributed by atoms with van der Waals surface area (Å²) in [7, 11) is 1.60. The summed E-state index contributed by atoms with van der Waals surface area (Å²) < 4.78 is 15.5. The monoisotopic (exact) mass is 423 g/mol. The van der Waals surface area contributed by atoms with E-state index in [9.17, 15) is 9.59 Å². The van der Waals surface area contributed by atoms with Crippen molar-refractivity contribution < 1.29 is 23.8 Å². The number of ether oxygens (including phenoxy) is 3. The van der Waals surface area contributed by atoms with Gasteiger partial charge in [-0.1, -0.05) is 25.0 Å². The lowest BCUT2D eigenvalue weighted by atomic mass is 10.0. The fourth-order valence-corrected chi connectivity index (χ4v) is 3.17. The Hall–Kier alpha value is -3.28. The van der Waals surface area contributed by atoms with E-state index in [2.05, 4.69) is 0 Å². The zero-order valence-corrected chi connectivity index (χ0v) is 17.8. The maximum atomic E-state index is 12.3. The predicted octanol–water partition coefficient (Wildman–Crippen LogP) is 4.42. The lowest BCUT2D eigenvalue weighted by Crippen LogP contribution is -2.10. The summed E-state index contributed by atoms with van der Waals surface area (Å²) in [5.41, 5.74) is 8.90. The highest BCUT2D eigenvalue weighted by Crippen LogP contribution is 2.33. The first-order valence-corrected chi connectivity index (χ1v) is 10.6. The van der Waals surface area contributed by atoms with Crippen molar-refractivity contribution >= 4 is 23.7 Å². The van der Waals surface area contributed by atoms with Crippen molar-refractivity contribution in [3.05, 3.63) is 65.2 Å². The van der Waals surface area contributed by atoms with E-state index >= 15 is 0 Å². The standard InChI is InChI=1S/C25H29NO5/c1-29-23-10-7-19(8-11-23)9-12-24(27)30-13-2-14-31-25(28)21-15-20(16-22(26)17-21)6-5-18-3-4-18/h7-12,15-18H,2-6,13-14,26H2,1H3/b12-9+. The van der Waals surface area contributed by atoms with E-state index < -0.39 is 11.9 Å². The van der Waals surface area contributed by atoms with Crippen molar-refractivity contribution in [3.63, 3.8) is 0 Å². The van der Waals surface area contributed by atoms with Crippen molar-refractivity contribution in [1.29, 1.82) is 0 Å². The van der Waals surface area contributed by atoms with Gasteiger partial charge in [-0.3, -0.25) is 0 Å². The minimum absolute atomic E-state index is 0.167. The third kappa shape index (κ3) is 7.81. The topological polar surface area (TPSA) is 87.9 Å². The van der Waals surface area contributed by atoms with E-state index in [1.54, 1.807) is 19.3 Å². The summed E-state index contributed by atoms with van der Waals surface area (Å²) >= 11 is 0. The molecule has 164 valence electrons. The highest BCUT2D eigenvalue weighted by atomic mass is 16.5. The molecule has 0 amide bonds. The number of rotatable bonds is 11. The number of nitrogen functional groups attached to an aromatic ring is 1. The van der Waals surface area contributed by atoms with Crippen molar-refractivity contribution in [2.24, 2.45) is 5.92 Å². The van der Waals surface area contributed by atoms with Crippen molar-refractivity contribution in [1.82, 2.24) is 0 Å². The zero-order chi connectivity index (χ0) is 22.1. The van der Waals surface area contributed by atoms with Crippen LogP contribution in [0.15, 0.2) is 48.5 Å². The predicted molar refractivity (Wildman–Crippen MR) is 120 cm³/mol. The van der Waals surface area contributed by atoms with Gasteiger partial charge >= 0.3 is 11.9 Å². The van der Waals surface area contributed by atoms with Gasteiger partial charge in [0, 0.05) is 18.2 Å². The van der Waals surface area contributed by atoms with Crippen LogP contribution in [0.25, 0.3) is 6.08 Å². The van der Waals surface area contributed by atoms with E-state index in [0.717, 1.165) is 35.6 Å². The lowest BCUT2D eigenvalue weighted by Gasteiger charge is -2.08. The van der Waals surface area contributed by atoms with Crippen LogP contribution in [0, 0.1) is 5.92 Å². The summed E-state index contributed by atoms with van der Waals surface area (Å²) in [5.74, 6) is 0.719. The molecule has 2 aromatic carbocycles. The molecule has 0 spiro atoms. The fourth-order valence-electron chi connectivity index (χ4n) is 3.17. The van der Waals surface area contributed by atoms with Crippen molar-refractivity contribution in [2.75, 3.05) is 26.1 Å². The first-order chi connectivity index (χ1) is 15.0. The molecule has 0 aliphatic heterocycles. The quantitative estimate of drug-likeness (QED) is 0.249. The Morgan fingerprint density at radius 2 is 1.81 bits per heavy atom. The Morgan fingerprint density at radius 1 is 1.06 bits per heavy atom. The molecule has 6 nitrogen and oxygen atoms in total. The number of aryl methyl sites for hydroxylation is 1. The molecule has 2 aromatic rings. The van der Waals surface area contributed by atoms with E-state index in [0.29, 0.717) is 17.7 Å². The van der Waals surface area contributed by atoms with E-state index in [4.69, 9.17) is 19.9 Å². The number of benzene rings is 2. The number of carbonyl (C=O) groups excluding carboxylic acids is 2. The second-order valence-electron chi connectivity index (χ2n) is 7.71. The molecule has 6 heteroatoms. The largest absolute Gasteiger partial charge is 0.497 e. The molecule has 0 saturated heterocycles. The third-order valence-corrected chi connectivity index (χ3v) is 5.08. The Morgan fingerprint density at radius 3 is 2.52 bits per heavy atom. The van der Waals surface area contributed by atoms with Gasteiger partial charge < -0.3 is 19.9 Å². The normalized spacial score (nSPS) is 13.2. The molecule has 2 N–H and O–H groups in total. The van der Waals surface area contributed by atoms with Gasteiger partial charge in [0.15, 0.2) is 0 Å². The molecule has 1 fully saturated rings. The molecule has 0 heterocycles. The van der Waals surface area contributed by atoms with Gasteiger partial charge in [-0.25, -0.2) is 9.59 Å². The van der Waals surface area contributed by atoms with Crippen LogP contribution in [-0.2, 0) is 20.7 Å². The second-order valence-corrected chi connectivity index (χ2v) is 7.71. The van der Waals surface area contributed by atoms with Crippen molar-refractivity contribution in [2.45, 2.75) is 32.1 Å². The fraction of sp³-hybridized carbons (Fsp3) is 0.360. The molecular formula is C25H29NO5. The molecule has 0 bridgehead atoms. The van der Waals surface area contributed by atoms with E-state index in [1.165, 1.54) is 18.9 Å². The summed E-state index contributed by atoms with van der Waals surface area (Å²) in [6.45, 7) is 0.336. The van der Waals surface area contributed by atoms with Gasteiger partial charge in [0.2, 0.25) is 0 Å². The number of nitrogens with two attached hydrogens (primary N) is 1. The minimum atomic E-state index is -0.446. The average molecular weight is 424 g/mol. The molecule has 1 aliphatic carbocycles. The van der Waals surface area contributed by atoms with Crippen LogP contribution in [0.2, 0.25) is 0 Å². The molecule has 0 aromatic heterocycles. The lowest BCUT2D eigenvalue weighted by molar-refractivity contribution is -0.137. The van der Waals surface area contributed by atoms with Crippen LogP contribution >= 0.6 is 0 Å². The summed E-state index contributed by atoms with van der Waals surface area (Å²) in [6, 6.07) is 12.7. The highest BCUT2D eigenvalue weighted by Gasteiger charge is 2.21. The van der Waals surface area contributed by atoms with Crippen LogP contribution in [0.3, 0.4) is 0 Å². The van der Waals surface area contributed by atoms with E-state index in [-0.39, 0.29) is 13.2 Å². The van der Waals surface area contributed by atoms with Gasteiger partial charge in [-0.05, 0) is 66.3 Å². The number of hydrogen-bond donors (Lipinski definition) is 1. The summed E-state index contributed by atoms with van der Waals surface area (Å²) in [5, 5.41) is 0. The van der Waals surface area contributed by atoms with Crippen molar-refractivity contribution in [3.8, 4) is 5.75 Å². The maximum Gasteiger partial charge on any atom is 0.338 e. The number of methoxy groups -OCH3 is 1. The molecule has 3 rings (SSSR count).